The third-order valence-corrected chi connectivity index (χ3v) is 5.02. The van der Waals surface area contributed by atoms with Crippen molar-refractivity contribution in [2.24, 2.45) is 0 Å². The zero-order valence-corrected chi connectivity index (χ0v) is 15.4. The molecule has 1 atom stereocenters. The zero-order valence-electron chi connectivity index (χ0n) is 15.4. The quantitative estimate of drug-likeness (QED) is 0.681. The number of fused-ring (bicyclic) bond motifs is 1. The van der Waals surface area contributed by atoms with Crippen LogP contribution in [0.25, 0.3) is 11.7 Å². The number of carboxylic acids is 1. The van der Waals surface area contributed by atoms with Crippen LogP contribution < -0.4 is 4.90 Å². The smallest absolute Gasteiger partial charge is 0.331 e. The fourth-order valence-corrected chi connectivity index (χ4v) is 3.64. The van der Waals surface area contributed by atoms with E-state index in [0.717, 1.165) is 30.8 Å². The lowest BCUT2D eigenvalue weighted by atomic mass is 10.1. The molecule has 28 heavy (non-hydrogen) atoms. The van der Waals surface area contributed by atoms with Gasteiger partial charge in [0, 0.05) is 30.1 Å². The van der Waals surface area contributed by atoms with Crippen molar-refractivity contribution in [2.75, 3.05) is 11.4 Å². The maximum absolute atomic E-state index is 13.6. The van der Waals surface area contributed by atoms with Crippen LogP contribution in [0, 0.1) is 5.82 Å². The van der Waals surface area contributed by atoms with Gasteiger partial charge in [-0.05, 0) is 43.0 Å². The van der Waals surface area contributed by atoms with Gasteiger partial charge in [0.2, 0.25) is 0 Å². The second kappa shape index (κ2) is 7.38. The largest absolute Gasteiger partial charge is 0.478 e. The Morgan fingerprint density at radius 1 is 1.39 bits per heavy atom. The van der Waals surface area contributed by atoms with Gasteiger partial charge in [-0.25, -0.2) is 18.7 Å². The van der Waals surface area contributed by atoms with E-state index in [1.54, 1.807) is 36.1 Å². The summed E-state index contributed by atoms with van der Waals surface area (Å²) in [5, 5.41) is 13.6. The molecule has 1 unspecified atom stereocenters. The van der Waals surface area contributed by atoms with Crippen LogP contribution in [-0.4, -0.2) is 37.2 Å². The molecular weight excluding hydrogens is 361 g/mol. The lowest BCUT2D eigenvalue weighted by Crippen LogP contribution is -2.24. The maximum atomic E-state index is 13.6. The molecule has 1 aliphatic heterocycles. The van der Waals surface area contributed by atoms with E-state index in [2.05, 4.69) is 15.0 Å². The molecule has 1 saturated heterocycles. The first-order valence-electron chi connectivity index (χ1n) is 9.22. The lowest BCUT2D eigenvalue weighted by Gasteiger charge is -2.26. The molecule has 8 heteroatoms. The molecule has 0 aliphatic carbocycles. The first kappa shape index (κ1) is 18.1. The Labute approximate surface area is 161 Å². The number of nitrogens with zero attached hydrogens (tertiary/aromatic N) is 5. The van der Waals surface area contributed by atoms with Crippen molar-refractivity contribution in [3.63, 3.8) is 0 Å². The third-order valence-electron chi connectivity index (χ3n) is 5.02. The van der Waals surface area contributed by atoms with Gasteiger partial charge in [0.05, 0.1) is 18.4 Å². The van der Waals surface area contributed by atoms with Crippen molar-refractivity contribution in [1.29, 1.82) is 0 Å². The van der Waals surface area contributed by atoms with Crippen molar-refractivity contribution >= 4 is 23.5 Å². The molecule has 1 fully saturated rings. The molecule has 1 N–H and O–H groups in total. The average Bonchev–Trinajstić information content (AvgIpc) is 3.32. The summed E-state index contributed by atoms with van der Waals surface area (Å²) in [4.78, 5) is 22.2. The number of halogens is 1. The van der Waals surface area contributed by atoms with E-state index in [-0.39, 0.29) is 11.9 Å². The predicted molar refractivity (Wildman–Crippen MR) is 102 cm³/mol. The second-order valence-corrected chi connectivity index (χ2v) is 6.77. The van der Waals surface area contributed by atoms with E-state index >= 15 is 0 Å². The second-order valence-electron chi connectivity index (χ2n) is 6.77. The summed E-state index contributed by atoms with van der Waals surface area (Å²) in [5.74, 6) is -0.546. The van der Waals surface area contributed by atoms with Gasteiger partial charge in [-0.3, -0.25) is 4.98 Å². The van der Waals surface area contributed by atoms with Crippen LogP contribution in [0.3, 0.4) is 0 Å². The molecule has 0 amide bonds. The Bertz CT molecular complexity index is 1060. The summed E-state index contributed by atoms with van der Waals surface area (Å²) in [6, 6.07) is 3.39. The minimum atomic E-state index is -0.948. The first-order chi connectivity index (χ1) is 13.6. The van der Waals surface area contributed by atoms with Gasteiger partial charge in [0.15, 0.2) is 5.65 Å². The monoisotopic (exact) mass is 381 g/mol. The van der Waals surface area contributed by atoms with Gasteiger partial charge in [0.1, 0.15) is 11.6 Å². The highest BCUT2D eigenvalue weighted by Crippen LogP contribution is 2.35. The minimum absolute atomic E-state index is 0.00489. The van der Waals surface area contributed by atoms with Gasteiger partial charge in [0.25, 0.3) is 0 Å². The van der Waals surface area contributed by atoms with Crippen LogP contribution in [0.4, 0.5) is 10.2 Å². The summed E-state index contributed by atoms with van der Waals surface area (Å²) in [7, 11) is 0. The fraction of sp³-hybridized carbons (Fsp3) is 0.300. The topological polar surface area (TPSA) is 83.6 Å². The summed E-state index contributed by atoms with van der Waals surface area (Å²) in [5.41, 5.74) is 2.37. The SMILES string of the molecule is CC/C(=C\c1cnn2ccc(N3CCCC3c3cncc(F)c3)nc12)C(=O)O. The van der Waals surface area contributed by atoms with E-state index in [1.165, 1.54) is 12.3 Å². The molecule has 0 aromatic carbocycles. The minimum Gasteiger partial charge on any atom is -0.478 e. The number of anilines is 1. The van der Waals surface area contributed by atoms with E-state index < -0.39 is 5.97 Å². The molecule has 0 saturated carbocycles. The van der Waals surface area contributed by atoms with Crippen molar-refractivity contribution < 1.29 is 14.3 Å². The Balaban J connectivity index is 1.73. The van der Waals surface area contributed by atoms with Crippen LogP contribution in [0.1, 0.15) is 43.4 Å². The lowest BCUT2D eigenvalue weighted by molar-refractivity contribution is -0.132. The highest BCUT2D eigenvalue weighted by molar-refractivity contribution is 5.93. The number of hydrogen-bond acceptors (Lipinski definition) is 5. The van der Waals surface area contributed by atoms with Crippen molar-refractivity contribution in [1.82, 2.24) is 19.6 Å². The van der Waals surface area contributed by atoms with Crippen molar-refractivity contribution in [2.45, 2.75) is 32.2 Å². The number of pyridine rings is 1. The molecule has 0 spiro atoms. The average molecular weight is 381 g/mol. The normalized spacial score (nSPS) is 17.4. The highest BCUT2D eigenvalue weighted by atomic mass is 19.1. The number of rotatable bonds is 5. The first-order valence-corrected chi connectivity index (χ1v) is 9.22. The molecule has 3 aromatic heterocycles. The Kier molecular flexibility index (Phi) is 4.77. The predicted octanol–water partition coefficient (Wildman–Crippen LogP) is 3.48. The maximum Gasteiger partial charge on any atom is 0.331 e. The van der Waals surface area contributed by atoms with E-state index in [0.29, 0.717) is 23.2 Å². The summed E-state index contributed by atoms with van der Waals surface area (Å²) < 4.78 is 15.3. The number of aliphatic carboxylic acids is 1. The van der Waals surface area contributed by atoms with Crippen LogP contribution in [0.2, 0.25) is 0 Å². The van der Waals surface area contributed by atoms with Gasteiger partial charge >= 0.3 is 5.97 Å². The van der Waals surface area contributed by atoms with E-state index in [9.17, 15) is 14.3 Å². The Morgan fingerprint density at radius 2 is 2.25 bits per heavy atom. The van der Waals surface area contributed by atoms with Crippen molar-refractivity contribution in [3.05, 3.63) is 59.4 Å². The summed E-state index contributed by atoms with van der Waals surface area (Å²) in [6.07, 6.45) is 10.2. The van der Waals surface area contributed by atoms with Crippen LogP contribution >= 0.6 is 0 Å². The van der Waals surface area contributed by atoms with Gasteiger partial charge < -0.3 is 10.0 Å². The van der Waals surface area contributed by atoms with Gasteiger partial charge in [-0.1, -0.05) is 6.92 Å². The number of carboxylic acid groups (broad SMARTS) is 1. The molecule has 4 rings (SSSR count). The molecule has 4 heterocycles. The molecule has 1 aliphatic rings. The molecule has 7 nitrogen and oxygen atoms in total. The zero-order chi connectivity index (χ0) is 19.7. The molecular formula is C20H20FN5O2. The number of hydrogen-bond donors (Lipinski definition) is 1. The molecule has 0 radical (unpaired) electrons. The Morgan fingerprint density at radius 3 is 3.00 bits per heavy atom. The van der Waals surface area contributed by atoms with Crippen LogP contribution in [-0.2, 0) is 4.79 Å². The van der Waals surface area contributed by atoms with E-state index in [1.807, 2.05) is 6.07 Å². The number of aromatic nitrogens is 4. The summed E-state index contributed by atoms with van der Waals surface area (Å²) >= 11 is 0. The van der Waals surface area contributed by atoms with Crippen molar-refractivity contribution in [3.8, 4) is 0 Å². The molecule has 144 valence electrons. The standard InChI is InChI=1S/C20H20FN5O2/c1-2-13(20(27)28)8-15-11-23-26-7-5-18(24-19(15)26)25-6-3-4-17(25)14-9-16(21)12-22-10-14/h5,7-12,17H,2-4,6H2,1H3,(H,27,28)/b13-8+. The summed E-state index contributed by atoms with van der Waals surface area (Å²) in [6.45, 7) is 2.60. The molecule has 0 bridgehead atoms. The van der Waals surface area contributed by atoms with Crippen LogP contribution in [0.5, 0.6) is 0 Å². The third kappa shape index (κ3) is 3.33. The fourth-order valence-electron chi connectivity index (χ4n) is 3.64. The molecule has 3 aromatic rings. The number of carbonyl (C=O) groups is 1. The Hall–Kier alpha value is -3.29. The van der Waals surface area contributed by atoms with Crippen LogP contribution in [0.15, 0.2) is 42.5 Å². The van der Waals surface area contributed by atoms with E-state index in [4.69, 9.17) is 4.98 Å². The van der Waals surface area contributed by atoms with Gasteiger partial charge in [-0.2, -0.15) is 5.10 Å². The highest BCUT2D eigenvalue weighted by Gasteiger charge is 2.28. The van der Waals surface area contributed by atoms with Gasteiger partial charge in [-0.15, -0.1) is 0 Å².